The first-order valence-corrected chi connectivity index (χ1v) is 22.5. The Labute approximate surface area is 351 Å². The van der Waals surface area contributed by atoms with E-state index in [1.54, 1.807) is 0 Å². The smallest absolute Gasteiger partial charge is 0.234 e. The molecule has 5 nitrogen and oxygen atoms in total. The molecule has 2 unspecified atom stereocenters. The molecule has 0 spiro atoms. The average Bonchev–Trinajstić information content (AvgIpc) is 3.82. The van der Waals surface area contributed by atoms with Crippen LogP contribution in [0.5, 0.6) is 0 Å². The maximum atomic E-state index is 9.45. The van der Waals surface area contributed by atoms with Crippen molar-refractivity contribution in [1.82, 2.24) is 15.0 Å². The van der Waals surface area contributed by atoms with E-state index in [0.29, 0.717) is 40.0 Å². The normalized spacial score (nSPS) is 19.8. The van der Waals surface area contributed by atoms with Crippen LogP contribution in [0.25, 0.3) is 44.7 Å². The SMILES string of the molecule is [2H]c1c([2H])c([2H])c2c(c1[2H])N(c1nc(-c3cccc([Si](c4ccccc4)(c4ccccc4)c4ccccc4)c3)nc(-c3cccc4c3oc3ccccc34)n1)C1(C)CCCCC21C. The lowest BCUT2D eigenvalue weighted by Crippen LogP contribution is -2.74. The molecule has 0 radical (unpaired) electrons. The van der Waals surface area contributed by atoms with Crippen LogP contribution in [0.15, 0.2) is 186 Å². The summed E-state index contributed by atoms with van der Waals surface area (Å²) in [7, 11) is -2.94. The van der Waals surface area contributed by atoms with Crippen LogP contribution in [-0.4, -0.2) is 28.6 Å². The predicted molar refractivity (Wildman–Crippen MR) is 244 cm³/mol. The van der Waals surface area contributed by atoms with Crippen LogP contribution in [-0.2, 0) is 5.41 Å². The minimum atomic E-state index is -2.94. The fourth-order valence-electron chi connectivity index (χ4n) is 10.3. The van der Waals surface area contributed by atoms with Gasteiger partial charge in [-0.1, -0.05) is 183 Å². The van der Waals surface area contributed by atoms with Gasteiger partial charge in [-0.15, -0.1) is 0 Å². The van der Waals surface area contributed by atoms with Gasteiger partial charge in [-0.2, -0.15) is 9.97 Å². The molecule has 2 aromatic heterocycles. The van der Waals surface area contributed by atoms with Gasteiger partial charge in [0.1, 0.15) is 11.2 Å². The van der Waals surface area contributed by atoms with Crippen molar-refractivity contribution in [3.05, 3.63) is 187 Å². The van der Waals surface area contributed by atoms with Crippen LogP contribution in [0.1, 0.15) is 50.6 Å². The summed E-state index contributed by atoms with van der Waals surface area (Å²) < 4.78 is 43.1. The molecule has 1 aliphatic heterocycles. The minimum absolute atomic E-state index is 0.00223. The Balaban J connectivity index is 1.21. The first-order valence-electron chi connectivity index (χ1n) is 22.5. The fraction of sp³-hybridized carbons (Fsp3) is 0.151. The monoisotopic (exact) mass is 784 g/mol. The molecule has 59 heavy (non-hydrogen) atoms. The molecule has 1 aliphatic carbocycles. The van der Waals surface area contributed by atoms with Crippen LogP contribution in [0.3, 0.4) is 0 Å². The maximum Gasteiger partial charge on any atom is 0.234 e. The Bertz CT molecular complexity index is 3140. The van der Waals surface area contributed by atoms with E-state index in [9.17, 15) is 2.74 Å². The summed E-state index contributed by atoms with van der Waals surface area (Å²) >= 11 is 0. The molecule has 7 aromatic carbocycles. The number of para-hydroxylation sites is 3. The average molecular weight is 785 g/mol. The number of aromatic nitrogens is 3. The molecular weight excluding hydrogens is 737 g/mol. The second-order valence-corrected chi connectivity index (χ2v) is 20.2. The third kappa shape index (κ3) is 5.32. The lowest BCUT2D eigenvalue weighted by atomic mass is 9.61. The highest BCUT2D eigenvalue weighted by Gasteiger charge is 2.58. The molecule has 0 saturated heterocycles. The Morgan fingerprint density at radius 1 is 0.593 bits per heavy atom. The second kappa shape index (κ2) is 13.7. The molecule has 1 fully saturated rings. The number of nitrogens with zero attached hydrogens (tertiary/aromatic N) is 4. The largest absolute Gasteiger partial charge is 0.455 e. The van der Waals surface area contributed by atoms with E-state index in [0.717, 1.165) is 47.6 Å². The van der Waals surface area contributed by atoms with Gasteiger partial charge < -0.3 is 9.32 Å². The Morgan fingerprint density at radius 3 is 1.92 bits per heavy atom. The molecule has 6 heteroatoms. The quantitative estimate of drug-likeness (QED) is 0.119. The van der Waals surface area contributed by atoms with E-state index in [2.05, 4.69) is 141 Å². The topological polar surface area (TPSA) is 55.1 Å². The molecular formula is C53H44N4OSi. The first-order chi connectivity index (χ1) is 30.6. The van der Waals surface area contributed by atoms with Crippen molar-refractivity contribution in [2.45, 2.75) is 50.5 Å². The highest BCUT2D eigenvalue weighted by molar-refractivity contribution is 7.19. The van der Waals surface area contributed by atoms with Crippen molar-refractivity contribution >= 4 is 62.4 Å². The summed E-state index contributed by atoms with van der Waals surface area (Å²) in [6.07, 6.45) is 3.41. The molecule has 2 atom stereocenters. The number of fused-ring (bicyclic) bond motifs is 6. The lowest BCUT2D eigenvalue weighted by molar-refractivity contribution is 0.193. The number of hydrogen-bond donors (Lipinski definition) is 0. The van der Waals surface area contributed by atoms with E-state index in [1.807, 2.05) is 35.2 Å². The van der Waals surface area contributed by atoms with E-state index in [-0.39, 0.29) is 24.2 Å². The van der Waals surface area contributed by atoms with E-state index in [1.165, 1.54) is 20.7 Å². The second-order valence-electron chi connectivity index (χ2n) is 16.4. The van der Waals surface area contributed by atoms with Crippen LogP contribution in [0, 0.1) is 0 Å². The van der Waals surface area contributed by atoms with Gasteiger partial charge in [0.2, 0.25) is 5.95 Å². The highest BCUT2D eigenvalue weighted by Crippen LogP contribution is 2.60. The van der Waals surface area contributed by atoms with Crippen LogP contribution in [0.4, 0.5) is 11.6 Å². The summed E-state index contributed by atoms with van der Waals surface area (Å²) in [5.41, 5.74) is 2.74. The Hall–Kier alpha value is -6.63. The standard InChI is InChI=1S/C53H44N4OSi/c1-52-34-16-17-35-53(52,2)57(46-32-14-13-31-45(46)52)51-55-49(54-50(56-51)44-30-19-29-43-42-28-12-15-33-47(42)58-48(43)44)37-20-18-27-41(36-37)59(38-21-6-3-7-22-38,39-23-8-4-9-24-39)40-25-10-5-11-26-40/h3-15,18-33,36H,16-17,34-35H2,1-2H3/i13D,14D,31D,32D. The molecule has 286 valence electrons. The van der Waals surface area contributed by atoms with Crippen LogP contribution < -0.4 is 25.6 Å². The minimum Gasteiger partial charge on any atom is -0.455 e. The third-order valence-electron chi connectivity index (χ3n) is 13.4. The van der Waals surface area contributed by atoms with Crippen molar-refractivity contribution in [1.29, 1.82) is 0 Å². The first kappa shape index (κ1) is 31.4. The lowest BCUT2D eigenvalue weighted by Gasteiger charge is -2.49. The molecule has 2 aliphatic rings. The molecule has 0 N–H and O–H groups in total. The molecule has 0 amide bonds. The predicted octanol–water partition coefficient (Wildman–Crippen LogP) is 10.2. The van der Waals surface area contributed by atoms with Crippen molar-refractivity contribution < 1.29 is 9.90 Å². The summed E-state index contributed by atoms with van der Waals surface area (Å²) in [6, 6.07) is 54.6. The van der Waals surface area contributed by atoms with Gasteiger partial charge in [0.05, 0.1) is 16.6 Å². The van der Waals surface area contributed by atoms with Gasteiger partial charge >= 0.3 is 0 Å². The summed E-state index contributed by atoms with van der Waals surface area (Å²) in [5, 5.41) is 6.86. The number of furan rings is 1. The van der Waals surface area contributed by atoms with Crippen LogP contribution in [0.2, 0.25) is 0 Å². The zero-order chi connectivity index (χ0) is 43.1. The third-order valence-corrected chi connectivity index (χ3v) is 18.1. The highest BCUT2D eigenvalue weighted by atomic mass is 28.3. The van der Waals surface area contributed by atoms with Crippen LogP contribution >= 0.6 is 0 Å². The molecule has 1 saturated carbocycles. The molecule has 3 heterocycles. The van der Waals surface area contributed by atoms with E-state index in [4.69, 9.17) is 22.1 Å². The number of hydrogen-bond acceptors (Lipinski definition) is 5. The van der Waals surface area contributed by atoms with Gasteiger partial charge in [0.25, 0.3) is 0 Å². The molecule has 9 aromatic rings. The van der Waals surface area contributed by atoms with Gasteiger partial charge in [-0.3, -0.25) is 0 Å². The van der Waals surface area contributed by atoms with E-state index < -0.39 is 19.0 Å². The van der Waals surface area contributed by atoms with Crippen molar-refractivity contribution in [3.63, 3.8) is 0 Å². The van der Waals surface area contributed by atoms with Crippen molar-refractivity contribution in [2.75, 3.05) is 4.90 Å². The van der Waals surface area contributed by atoms with Gasteiger partial charge in [-0.05, 0) is 64.3 Å². The zero-order valence-corrected chi connectivity index (χ0v) is 34.0. The number of benzene rings is 7. The van der Waals surface area contributed by atoms with Gasteiger partial charge in [0, 0.05) is 27.4 Å². The number of anilines is 2. The summed E-state index contributed by atoms with van der Waals surface area (Å²) in [5.74, 6) is 1.21. The molecule has 11 rings (SSSR count). The number of rotatable bonds is 7. The zero-order valence-electron chi connectivity index (χ0n) is 37.0. The van der Waals surface area contributed by atoms with Crippen molar-refractivity contribution in [2.24, 2.45) is 0 Å². The maximum absolute atomic E-state index is 9.45. The Kier molecular flexibility index (Phi) is 7.31. The van der Waals surface area contributed by atoms with Crippen molar-refractivity contribution in [3.8, 4) is 22.8 Å². The summed E-state index contributed by atoms with van der Waals surface area (Å²) in [6.45, 7) is 4.34. The summed E-state index contributed by atoms with van der Waals surface area (Å²) in [4.78, 5) is 18.1. The Morgan fingerprint density at radius 2 is 1.19 bits per heavy atom. The molecule has 0 bridgehead atoms. The van der Waals surface area contributed by atoms with Gasteiger partial charge in [0.15, 0.2) is 19.7 Å². The van der Waals surface area contributed by atoms with Gasteiger partial charge in [-0.25, -0.2) is 4.98 Å². The van der Waals surface area contributed by atoms with E-state index >= 15 is 0 Å². The fourth-order valence-corrected chi connectivity index (χ4v) is 15.1.